The molecule has 1 aromatic carbocycles. The summed E-state index contributed by atoms with van der Waals surface area (Å²) in [7, 11) is 0. The second kappa shape index (κ2) is 4.58. The highest BCUT2D eigenvalue weighted by Gasteiger charge is 2.27. The second-order valence-corrected chi connectivity index (χ2v) is 4.95. The third kappa shape index (κ3) is 2.31. The summed E-state index contributed by atoms with van der Waals surface area (Å²) in [6, 6.07) is 9.66. The lowest BCUT2D eigenvalue weighted by atomic mass is 10.1. The number of nitrogens with zero attached hydrogens (tertiary/aromatic N) is 2. The molecule has 3 nitrogen and oxygen atoms in total. The van der Waals surface area contributed by atoms with Gasteiger partial charge in [0, 0.05) is 6.07 Å². The Hall–Kier alpha value is -1.61. The third-order valence-electron chi connectivity index (χ3n) is 3.07. The van der Waals surface area contributed by atoms with Gasteiger partial charge in [0.05, 0.1) is 0 Å². The molecular weight excluding hydrogens is 248 g/mol. The lowest BCUT2D eigenvalue weighted by molar-refractivity contribution is 0.446. The largest absolute Gasteiger partial charge is 0.437 e. The zero-order chi connectivity index (χ0) is 12.5. The number of benzene rings is 1. The molecule has 1 fully saturated rings. The quantitative estimate of drug-likeness (QED) is 0.833. The minimum atomic E-state index is 0.370. The Kier molecular flexibility index (Phi) is 2.92. The normalized spacial score (nSPS) is 14.6. The van der Waals surface area contributed by atoms with E-state index in [0.717, 1.165) is 11.3 Å². The van der Waals surface area contributed by atoms with E-state index in [1.54, 1.807) is 12.1 Å². The maximum atomic E-state index is 5.86. The van der Waals surface area contributed by atoms with Gasteiger partial charge in [-0.2, -0.15) is 0 Å². The van der Waals surface area contributed by atoms with Gasteiger partial charge in [-0.15, -0.1) is 10.2 Å². The van der Waals surface area contributed by atoms with E-state index in [1.807, 2.05) is 13.0 Å². The zero-order valence-electron chi connectivity index (χ0n) is 10.1. The van der Waals surface area contributed by atoms with Gasteiger partial charge in [-0.1, -0.05) is 29.8 Å². The summed E-state index contributed by atoms with van der Waals surface area (Å²) in [5, 5.41) is 8.09. The lowest BCUT2D eigenvalue weighted by Crippen LogP contribution is -1.96. The topological polar surface area (TPSA) is 35.0 Å². The summed E-state index contributed by atoms with van der Waals surface area (Å²) < 4.78 is 5.86. The first-order valence-corrected chi connectivity index (χ1v) is 6.38. The Morgan fingerprint density at radius 2 is 2.00 bits per heavy atom. The van der Waals surface area contributed by atoms with Crippen LogP contribution in [0, 0.1) is 6.92 Å². The fraction of sp³-hybridized carbons (Fsp3) is 0.286. The smallest absolute Gasteiger partial charge is 0.238 e. The molecule has 18 heavy (non-hydrogen) atoms. The minimum absolute atomic E-state index is 0.370. The number of aryl methyl sites for hydroxylation is 1. The van der Waals surface area contributed by atoms with Crippen LogP contribution in [0.25, 0.3) is 0 Å². The predicted molar refractivity (Wildman–Crippen MR) is 70.3 cm³/mol. The van der Waals surface area contributed by atoms with Gasteiger partial charge in [0.25, 0.3) is 0 Å². The van der Waals surface area contributed by atoms with Crippen molar-refractivity contribution in [3.8, 4) is 11.6 Å². The fourth-order valence-electron chi connectivity index (χ4n) is 1.99. The molecule has 0 unspecified atom stereocenters. The van der Waals surface area contributed by atoms with Gasteiger partial charge < -0.3 is 4.74 Å². The molecule has 1 aliphatic carbocycles. The highest BCUT2D eigenvalue weighted by Crippen LogP contribution is 2.46. The van der Waals surface area contributed by atoms with Crippen LogP contribution >= 0.6 is 11.6 Å². The van der Waals surface area contributed by atoms with Gasteiger partial charge in [0.15, 0.2) is 5.15 Å². The lowest BCUT2D eigenvalue weighted by Gasteiger charge is -2.12. The number of hydrogen-bond acceptors (Lipinski definition) is 3. The molecule has 1 heterocycles. The molecule has 0 radical (unpaired) electrons. The van der Waals surface area contributed by atoms with E-state index in [-0.39, 0.29) is 0 Å². The van der Waals surface area contributed by atoms with Crippen molar-refractivity contribution >= 4 is 11.6 Å². The summed E-state index contributed by atoms with van der Waals surface area (Å²) in [6.45, 7) is 2.05. The first-order chi connectivity index (χ1) is 8.74. The van der Waals surface area contributed by atoms with E-state index in [1.165, 1.54) is 18.4 Å². The molecule has 1 saturated carbocycles. The average Bonchev–Trinajstić information content (AvgIpc) is 3.18. The number of halogens is 1. The molecule has 0 atom stereocenters. The minimum Gasteiger partial charge on any atom is -0.437 e. The summed E-state index contributed by atoms with van der Waals surface area (Å²) >= 11 is 5.71. The van der Waals surface area contributed by atoms with Crippen molar-refractivity contribution in [1.29, 1.82) is 0 Å². The molecule has 0 saturated heterocycles. The van der Waals surface area contributed by atoms with Crippen molar-refractivity contribution in [2.45, 2.75) is 25.7 Å². The first-order valence-electron chi connectivity index (χ1n) is 6.00. The number of aromatic nitrogens is 2. The van der Waals surface area contributed by atoms with Gasteiger partial charge in [-0.3, -0.25) is 0 Å². The van der Waals surface area contributed by atoms with Crippen LogP contribution in [0.2, 0.25) is 5.15 Å². The number of hydrogen-bond donors (Lipinski definition) is 0. The van der Waals surface area contributed by atoms with Crippen molar-refractivity contribution in [3.63, 3.8) is 0 Å². The highest BCUT2D eigenvalue weighted by atomic mass is 35.5. The van der Waals surface area contributed by atoms with Gasteiger partial charge in [-0.05, 0) is 42.9 Å². The molecule has 0 aliphatic heterocycles. The maximum absolute atomic E-state index is 5.86. The molecule has 3 rings (SSSR count). The summed E-state index contributed by atoms with van der Waals surface area (Å²) in [6.07, 6.45) is 2.48. The van der Waals surface area contributed by atoms with E-state index >= 15 is 0 Å². The fourth-order valence-corrected chi connectivity index (χ4v) is 2.09. The van der Waals surface area contributed by atoms with Crippen molar-refractivity contribution in [1.82, 2.24) is 10.2 Å². The summed E-state index contributed by atoms with van der Waals surface area (Å²) in [4.78, 5) is 0. The van der Waals surface area contributed by atoms with E-state index < -0.39 is 0 Å². The first kappa shape index (κ1) is 11.5. The molecule has 0 amide bonds. The van der Waals surface area contributed by atoms with Crippen molar-refractivity contribution < 1.29 is 4.74 Å². The van der Waals surface area contributed by atoms with Crippen molar-refractivity contribution in [3.05, 3.63) is 46.6 Å². The molecule has 4 heteroatoms. The van der Waals surface area contributed by atoms with Crippen LogP contribution in [0.3, 0.4) is 0 Å². The van der Waals surface area contributed by atoms with Crippen LogP contribution in [0.5, 0.6) is 11.6 Å². The van der Waals surface area contributed by atoms with Crippen LogP contribution in [-0.2, 0) is 0 Å². The van der Waals surface area contributed by atoms with Crippen LogP contribution < -0.4 is 4.74 Å². The van der Waals surface area contributed by atoms with Crippen LogP contribution in [0.1, 0.15) is 29.9 Å². The van der Waals surface area contributed by atoms with Gasteiger partial charge in [-0.25, -0.2) is 0 Å². The van der Waals surface area contributed by atoms with E-state index in [0.29, 0.717) is 17.0 Å². The Morgan fingerprint density at radius 3 is 2.67 bits per heavy atom. The highest BCUT2D eigenvalue weighted by molar-refractivity contribution is 6.29. The standard InChI is InChI=1S/C14H13ClN2O/c1-9-3-2-4-11(10-5-6-10)14(9)18-13-8-7-12(15)16-17-13/h2-4,7-8,10H,5-6H2,1H3. The van der Waals surface area contributed by atoms with Gasteiger partial charge in [0.2, 0.25) is 5.88 Å². The number of ether oxygens (including phenoxy) is 1. The maximum Gasteiger partial charge on any atom is 0.238 e. The molecule has 92 valence electrons. The third-order valence-corrected chi connectivity index (χ3v) is 3.28. The van der Waals surface area contributed by atoms with E-state index in [2.05, 4.69) is 22.3 Å². The van der Waals surface area contributed by atoms with E-state index in [9.17, 15) is 0 Å². The van der Waals surface area contributed by atoms with E-state index in [4.69, 9.17) is 16.3 Å². The molecule has 1 aliphatic rings. The van der Waals surface area contributed by atoms with Crippen LogP contribution in [-0.4, -0.2) is 10.2 Å². The average molecular weight is 261 g/mol. The molecule has 0 bridgehead atoms. The predicted octanol–water partition coefficient (Wildman–Crippen LogP) is 4.11. The Bertz CT molecular complexity index is 565. The van der Waals surface area contributed by atoms with Gasteiger partial charge >= 0.3 is 0 Å². The molecule has 0 spiro atoms. The molecular formula is C14H13ClN2O. The Balaban J connectivity index is 1.94. The molecule has 1 aromatic heterocycles. The SMILES string of the molecule is Cc1cccc(C2CC2)c1Oc1ccc(Cl)nn1. The molecule has 2 aromatic rings. The Labute approximate surface area is 111 Å². The van der Waals surface area contributed by atoms with Crippen LogP contribution in [0.4, 0.5) is 0 Å². The second-order valence-electron chi connectivity index (χ2n) is 4.56. The zero-order valence-corrected chi connectivity index (χ0v) is 10.8. The summed E-state index contributed by atoms with van der Waals surface area (Å²) in [5.74, 6) is 2.03. The van der Waals surface area contributed by atoms with Crippen LogP contribution in [0.15, 0.2) is 30.3 Å². The van der Waals surface area contributed by atoms with Crippen molar-refractivity contribution in [2.24, 2.45) is 0 Å². The number of para-hydroxylation sites is 1. The monoisotopic (exact) mass is 260 g/mol. The Morgan fingerprint density at radius 1 is 1.17 bits per heavy atom. The summed E-state index contributed by atoms with van der Waals surface area (Å²) in [5.41, 5.74) is 2.39. The van der Waals surface area contributed by atoms with Gasteiger partial charge in [0.1, 0.15) is 5.75 Å². The van der Waals surface area contributed by atoms with Crippen molar-refractivity contribution in [2.75, 3.05) is 0 Å². The molecule has 0 N–H and O–H groups in total. The number of rotatable bonds is 3.